The molecule has 2 atom stereocenters. The number of carbonyl (C=O) groups is 2. The van der Waals surface area contributed by atoms with Crippen molar-refractivity contribution in [3.63, 3.8) is 0 Å². The number of rotatable bonds is 5. The lowest BCUT2D eigenvalue weighted by Gasteiger charge is -2.24. The number of nitrogens with two attached hydrogens (primary N) is 1. The highest BCUT2D eigenvalue weighted by Crippen LogP contribution is 2.32. The Morgan fingerprint density at radius 2 is 2.05 bits per heavy atom. The largest absolute Gasteiger partial charge is 0.497 e. The third-order valence-electron chi connectivity index (χ3n) is 2.85. The Morgan fingerprint density at radius 3 is 2.62 bits per heavy atom. The maximum absolute atomic E-state index is 11.5. The molecule has 21 heavy (non-hydrogen) atoms. The van der Waals surface area contributed by atoms with Crippen LogP contribution < -0.4 is 5.73 Å². The molecule has 0 aromatic heterocycles. The van der Waals surface area contributed by atoms with Crippen LogP contribution in [0.3, 0.4) is 0 Å². The first-order valence-electron chi connectivity index (χ1n) is 6.06. The lowest BCUT2D eigenvalue weighted by Crippen LogP contribution is -2.29. The number of benzene rings is 1. The molecule has 0 saturated carbocycles. The second kappa shape index (κ2) is 7.80. The van der Waals surface area contributed by atoms with E-state index in [9.17, 15) is 9.59 Å². The highest BCUT2D eigenvalue weighted by atomic mass is 79.9. The standard InChI is InChI=1S/C14H15NO5.BrH/c1-18-10-7-11(16)19-14(10)13(20-12(17)8-15)9-5-3-2-4-6-9;/h2-7,13-14H,8,15H2,1H3;1H. The summed E-state index contributed by atoms with van der Waals surface area (Å²) in [4.78, 5) is 22.9. The molecule has 1 aliphatic heterocycles. The minimum absolute atomic E-state index is 0. The minimum atomic E-state index is -0.801. The molecular weight excluding hydrogens is 342 g/mol. The van der Waals surface area contributed by atoms with E-state index in [2.05, 4.69) is 0 Å². The van der Waals surface area contributed by atoms with Gasteiger partial charge in [0.25, 0.3) is 0 Å². The summed E-state index contributed by atoms with van der Waals surface area (Å²) in [5, 5.41) is 0. The van der Waals surface area contributed by atoms with Gasteiger partial charge in [0.1, 0.15) is 5.76 Å². The number of halogens is 1. The molecule has 2 N–H and O–H groups in total. The predicted octanol–water partition coefficient (Wildman–Crippen LogP) is 1.26. The third kappa shape index (κ3) is 4.05. The van der Waals surface area contributed by atoms with Crippen molar-refractivity contribution in [2.75, 3.05) is 13.7 Å². The van der Waals surface area contributed by atoms with Crippen LogP contribution in [0.25, 0.3) is 0 Å². The van der Waals surface area contributed by atoms with Gasteiger partial charge in [-0.3, -0.25) is 4.79 Å². The molecule has 6 nitrogen and oxygen atoms in total. The average Bonchev–Trinajstić information content (AvgIpc) is 2.86. The van der Waals surface area contributed by atoms with E-state index in [1.807, 2.05) is 6.07 Å². The Morgan fingerprint density at radius 1 is 1.38 bits per heavy atom. The van der Waals surface area contributed by atoms with E-state index >= 15 is 0 Å². The summed E-state index contributed by atoms with van der Waals surface area (Å²) < 4.78 is 15.5. The lowest BCUT2D eigenvalue weighted by molar-refractivity contribution is -0.161. The van der Waals surface area contributed by atoms with Crippen LogP contribution in [0.2, 0.25) is 0 Å². The number of hydrogen-bond donors (Lipinski definition) is 1. The van der Waals surface area contributed by atoms with Crippen LogP contribution in [0.1, 0.15) is 11.7 Å². The SMILES string of the molecule is Br.COC1=CC(=O)OC1C(OC(=O)CN)c1ccccc1. The molecule has 0 amide bonds. The predicted molar refractivity (Wildman–Crippen MR) is 79.6 cm³/mol. The molecule has 0 saturated heterocycles. The molecule has 2 rings (SSSR count). The number of hydrogen-bond acceptors (Lipinski definition) is 6. The van der Waals surface area contributed by atoms with Crippen LogP contribution in [-0.4, -0.2) is 31.7 Å². The number of methoxy groups -OCH3 is 1. The molecular formula is C14H16BrNO5. The van der Waals surface area contributed by atoms with Crippen molar-refractivity contribution in [1.82, 2.24) is 0 Å². The first-order valence-corrected chi connectivity index (χ1v) is 6.06. The Hall–Kier alpha value is -1.86. The van der Waals surface area contributed by atoms with Crippen LogP contribution >= 0.6 is 17.0 Å². The number of esters is 2. The monoisotopic (exact) mass is 357 g/mol. The topological polar surface area (TPSA) is 87.9 Å². The second-order valence-electron chi connectivity index (χ2n) is 4.13. The maximum Gasteiger partial charge on any atom is 0.335 e. The van der Waals surface area contributed by atoms with Gasteiger partial charge in [0.15, 0.2) is 12.2 Å². The van der Waals surface area contributed by atoms with Crippen molar-refractivity contribution < 1.29 is 23.8 Å². The first kappa shape index (κ1) is 17.2. The molecule has 1 aromatic carbocycles. The molecule has 0 aliphatic carbocycles. The van der Waals surface area contributed by atoms with Crippen LogP contribution in [0.15, 0.2) is 42.2 Å². The summed E-state index contributed by atoms with van der Waals surface area (Å²) in [6.07, 6.45) is -0.355. The fourth-order valence-electron chi connectivity index (χ4n) is 1.94. The number of cyclic esters (lactones) is 1. The maximum atomic E-state index is 11.5. The Kier molecular flexibility index (Phi) is 6.39. The summed E-state index contributed by atoms with van der Waals surface area (Å²) in [7, 11) is 1.42. The van der Waals surface area contributed by atoms with Gasteiger partial charge in [-0.15, -0.1) is 17.0 Å². The molecule has 0 fully saturated rings. The fourth-order valence-corrected chi connectivity index (χ4v) is 1.94. The van der Waals surface area contributed by atoms with Gasteiger partial charge in [0.05, 0.1) is 19.7 Å². The van der Waals surface area contributed by atoms with Gasteiger partial charge in [-0.2, -0.15) is 0 Å². The molecule has 1 heterocycles. The summed E-state index contributed by atoms with van der Waals surface area (Å²) in [5.74, 6) is -0.803. The zero-order valence-electron chi connectivity index (χ0n) is 11.4. The van der Waals surface area contributed by atoms with Crippen molar-refractivity contribution in [3.05, 3.63) is 47.7 Å². The zero-order valence-corrected chi connectivity index (χ0v) is 13.1. The Bertz CT molecular complexity index is 531. The van der Waals surface area contributed by atoms with Gasteiger partial charge in [0, 0.05) is 0 Å². The zero-order chi connectivity index (χ0) is 14.5. The Balaban J connectivity index is 0.00000220. The van der Waals surface area contributed by atoms with E-state index < -0.39 is 24.1 Å². The summed E-state index contributed by atoms with van der Waals surface area (Å²) in [5.41, 5.74) is 5.96. The summed E-state index contributed by atoms with van der Waals surface area (Å²) in [6, 6.07) is 8.97. The first-order chi connectivity index (χ1) is 9.65. The van der Waals surface area contributed by atoms with Gasteiger partial charge in [0.2, 0.25) is 0 Å². The van der Waals surface area contributed by atoms with Gasteiger partial charge in [-0.05, 0) is 5.56 Å². The van der Waals surface area contributed by atoms with E-state index in [4.69, 9.17) is 19.9 Å². The number of ether oxygens (including phenoxy) is 3. The van der Waals surface area contributed by atoms with Crippen LogP contribution in [0.5, 0.6) is 0 Å². The molecule has 0 radical (unpaired) electrons. The Labute approximate surface area is 132 Å². The van der Waals surface area contributed by atoms with Gasteiger partial charge in [-0.1, -0.05) is 30.3 Å². The van der Waals surface area contributed by atoms with Crippen LogP contribution in [0.4, 0.5) is 0 Å². The van der Waals surface area contributed by atoms with E-state index in [0.717, 1.165) is 0 Å². The smallest absolute Gasteiger partial charge is 0.335 e. The van der Waals surface area contributed by atoms with Crippen LogP contribution in [-0.2, 0) is 23.8 Å². The highest BCUT2D eigenvalue weighted by Gasteiger charge is 2.38. The molecule has 0 bridgehead atoms. The van der Waals surface area contributed by atoms with E-state index in [-0.39, 0.29) is 23.5 Å². The second-order valence-corrected chi connectivity index (χ2v) is 4.13. The van der Waals surface area contributed by atoms with Crippen molar-refractivity contribution in [2.45, 2.75) is 12.2 Å². The van der Waals surface area contributed by atoms with Crippen molar-refractivity contribution in [3.8, 4) is 0 Å². The van der Waals surface area contributed by atoms with E-state index in [1.165, 1.54) is 13.2 Å². The average molecular weight is 358 g/mol. The third-order valence-corrected chi connectivity index (χ3v) is 2.85. The fraction of sp³-hybridized carbons (Fsp3) is 0.286. The van der Waals surface area contributed by atoms with E-state index in [0.29, 0.717) is 11.3 Å². The normalized spacial score (nSPS) is 18.1. The number of carbonyl (C=O) groups excluding carboxylic acids is 2. The molecule has 7 heteroatoms. The van der Waals surface area contributed by atoms with Crippen molar-refractivity contribution >= 4 is 28.9 Å². The molecule has 0 spiro atoms. The van der Waals surface area contributed by atoms with Gasteiger partial charge >= 0.3 is 11.9 Å². The molecule has 114 valence electrons. The van der Waals surface area contributed by atoms with E-state index in [1.54, 1.807) is 24.3 Å². The van der Waals surface area contributed by atoms with Crippen molar-refractivity contribution in [1.29, 1.82) is 0 Å². The van der Waals surface area contributed by atoms with Crippen molar-refractivity contribution in [2.24, 2.45) is 5.73 Å². The minimum Gasteiger partial charge on any atom is -0.497 e. The lowest BCUT2D eigenvalue weighted by atomic mass is 10.0. The highest BCUT2D eigenvalue weighted by molar-refractivity contribution is 8.93. The van der Waals surface area contributed by atoms with Gasteiger partial charge in [-0.25, -0.2) is 4.79 Å². The molecule has 1 aliphatic rings. The molecule has 2 unspecified atom stereocenters. The van der Waals surface area contributed by atoms with Gasteiger partial charge < -0.3 is 19.9 Å². The summed E-state index contributed by atoms with van der Waals surface area (Å²) in [6.45, 7) is -0.254. The molecule has 1 aromatic rings. The quantitative estimate of drug-likeness (QED) is 0.798. The van der Waals surface area contributed by atoms with Crippen LogP contribution in [0, 0.1) is 0 Å². The summed E-state index contributed by atoms with van der Waals surface area (Å²) >= 11 is 0.